The summed E-state index contributed by atoms with van der Waals surface area (Å²) >= 11 is 0. The number of rotatable bonds is 6. The van der Waals surface area contributed by atoms with E-state index < -0.39 is 0 Å². The van der Waals surface area contributed by atoms with E-state index in [0.717, 1.165) is 38.9 Å². The molecule has 0 unspecified atom stereocenters. The summed E-state index contributed by atoms with van der Waals surface area (Å²) in [7, 11) is 0. The zero-order chi connectivity index (χ0) is 25.2. The van der Waals surface area contributed by atoms with E-state index in [2.05, 4.69) is 27.4 Å². The van der Waals surface area contributed by atoms with Gasteiger partial charge >= 0.3 is 0 Å². The van der Waals surface area contributed by atoms with Crippen LogP contribution in [-0.2, 0) is 6.54 Å². The molecule has 6 aromatic rings. The van der Waals surface area contributed by atoms with Crippen molar-refractivity contribution in [2.45, 2.75) is 6.54 Å². The third-order valence-corrected chi connectivity index (χ3v) is 6.21. The Labute approximate surface area is 213 Å². The molecule has 37 heavy (non-hydrogen) atoms. The number of aromatic nitrogens is 2. The van der Waals surface area contributed by atoms with E-state index in [1.807, 2.05) is 77.7 Å². The van der Waals surface area contributed by atoms with Crippen LogP contribution in [0.5, 0.6) is 0 Å². The standard InChI is InChI=1S/C30H23N5O2/c31-18-20-6-3-7-21(16-20)30(36)34-22-8-4-9-23(17-22)35(28-14-15-32-19-33-28)26-12-5-11-25-24-10-1-2-13-27(24)37-29(25)26/h1-17,19H,18,31H2,(H,34,36). The average molecular weight is 486 g/mol. The smallest absolute Gasteiger partial charge is 0.255 e. The Morgan fingerprint density at radius 3 is 2.59 bits per heavy atom. The van der Waals surface area contributed by atoms with Crippen LogP contribution in [-0.4, -0.2) is 15.9 Å². The van der Waals surface area contributed by atoms with Gasteiger partial charge in [0.15, 0.2) is 5.58 Å². The maximum atomic E-state index is 13.0. The van der Waals surface area contributed by atoms with E-state index in [0.29, 0.717) is 23.6 Å². The second-order valence-corrected chi connectivity index (χ2v) is 8.56. The van der Waals surface area contributed by atoms with Crippen molar-refractivity contribution in [2.75, 3.05) is 10.2 Å². The number of amides is 1. The van der Waals surface area contributed by atoms with Gasteiger partial charge in [0.05, 0.1) is 5.69 Å². The topological polar surface area (TPSA) is 97.3 Å². The number of benzene rings is 4. The lowest BCUT2D eigenvalue weighted by Crippen LogP contribution is -2.14. The predicted molar refractivity (Wildman–Crippen MR) is 146 cm³/mol. The van der Waals surface area contributed by atoms with Crippen LogP contribution in [0.25, 0.3) is 21.9 Å². The molecule has 0 spiro atoms. The van der Waals surface area contributed by atoms with Gasteiger partial charge in [-0.2, -0.15) is 0 Å². The molecule has 7 heteroatoms. The SMILES string of the molecule is NCc1cccc(C(=O)Nc2cccc(N(c3ccncn3)c3cccc4c3oc3ccccc34)c2)c1. The summed E-state index contributed by atoms with van der Waals surface area (Å²) in [5.41, 5.74) is 11.0. The van der Waals surface area contributed by atoms with Crippen LogP contribution in [0.4, 0.5) is 22.9 Å². The summed E-state index contributed by atoms with van der Waals surface area (Å²) in [5.74, 6) is 0.461. The second kappa shape index (κ2) is 9.56. The summed E-state index contributed by atoms with van der Waals surface area (Å²) in [5, 5.41) is 5.06. The summed E-state index contributed by atoms with van der Waals surface area (Å²) < 4.78 is 6.32. The van der Waals surface area contributed by atoms with Crippen molar-refractivity contribution >= 4 is 50.7 Å². The van der Waals surface area contributed by atoms with Crippen LogP contribution in [0.1, 0.15) is 15.9 Å². The van der Waals surface area contributed by atoms with Crippen LogP contribution in [0.3, 0.4) is 0 Å². The first-order valence-electron chi connectivity index (χ1n) is 11.9. The molecule has 3 N–H and O–H groups in total. The first kappa shape index (κ1) is 22.5. The number of carbonyl (C=O) groups excluding carboxylic acids is 1. The first-order chi connectivity index (χ1) is 18.2. The minimum atomic E-state index is -0.208. The fourth-order valence-corrected chi connectivity index (χ4v) is 4.48. The monoisotopic (exact) mass is 485 g/mol. The molecule has 2 heterocycles. The van der Waals surface area contributed by atoms with E-state index >= 15 is 0 Å². The number of hydrogen-bond acceptors (Lipinski definition) is 6. The number of nitrogens with one attached hydrogen (secondary N) is 1. The molecule has 4 aromatic carbocycles. The highest BCUT2D eigenvalue weighted by atomic mass is 16.3. The zero-order valence-electron chi connectivity index (χ0n) is 19.8. The molecular formula is C30H23N5O2. The molecular weight excluding hydrogens is 462 g/mol. The highest BCUT2D eigenvalue weighted by molar-refractivity contribution is 6.10. The van der Waals surface area contributed by atoms with E-state index in [-0.39, 0.29) is 5.91 Å². The van der Waals surface area contributed by atoms with Gasteiger partial charge in [0.2, 0.25) is 0 Å². The molecule has 180 valence electrons. The second-order valence-electron chi connectivity index (χ2n) is 8.56. The van der Waals surface area contributed by atoms with Crippen LogP contribution in [0.2, 0.25) is 0 Å². The number of hydrogen-bond donors (Lipinski definition) is 2. The number of anilines is 4. The molecule has 0 aliphatic carbocycles. The van der Waals surface area contributed by atoms with Crippen LogP contribution >= 0.6 is 0 Å². The molecule has 0 bridgehead atoms. The molecule has 2 aromatic heterocycles. The van der Waals surface area contributed by atoms with Crippen molar-refractivity contribution in [3.8, 4) is 0 Å². The van der Waals surface area contributed by atoms with Gasteiger partial charge in [-0.25, -0.2) is 9.97 Å². The van der Waals surface area contributed by atoms with Gasteiger partial charge in [-0.15, -0.1) is 0 Å². The van der Waals surface area contributed by atoms with E-state index in [1.165, 1.54) is 6.33 Å². The van der Waals surface area contributed by atoms with E-state index in [1.54, 1.807) is 18.3 Å². The van der Waals surface area contributed by atoms with Crippen LogP contribution in [0, 0.1) is 0 Å². The van der Waals surface area contributed by atoms with Gasteiger partial charge in [-0.1, -0.05) is 48.5 Å². The van der Waals surface area contributed by atoms with E-state index in [9.17, 15) is 4.79 Å². The number of carbonyl (C=O) groups is 1. The quantitative estimate of drug-likeness (QED) is 0.277. The minimum Gasteiger partial charge on any atom is -0.454 e. The zero-order valence-corrected chi connectivity index (χ0v) is 19.8. The molecule has 0 saturated heterocycles. The van der Waals surface area contributed by atoms with Crippen molar-refractivity contribution in [3.05, 3.63) is 121 Å². The molecule has 0 fully saturated rings. The Hall–Kier alpha value is -5.01. The molecule has 0 aliphatic rings. The maximum Gasteiger partial charge on any atom is 0.255 e. The lowest BCUT2D eigenvalue weighted by Gasteiger charge is -2.24. The Bertz CT molecular complexity index is 1730. The fraction of sp³-hybridized carbons (Fsp3) is 0.0333. The van der Waals surface area contributed by atoms with E-state index in [4.69, 9.17) is 10.2 Å². The molecule has 0 atom stereocenters. The Balaban J connectivity index is 1.44. The van der Waals surface area contributed by atoms with Crippen molar-refractivity contribution < 1.29 is 9.21 Å². The van der Waals surface area contributed by atoms with Gasteiger partial charge in [-0.05, 0) is 54.1 Å². The summed E-state index contributed by atoms with van der Waals surface area (Å²) in [6, 6.07) is 30.8. The molecule has 7 nitrogen and oxygen atoms in total. The minimum absolute atomic E-state index is 0.208. The lowest BCUT2D eigenvalue weighted by molar-refractivity contribution is 0.102. The highest BCUT2D eigenvalue weighted by Crippen LogP contribution is 2.41. The summed E-state index contributed by atoms with van der Waals surface area (Å²) in [6.07, 6.45) is 3.21. The van der Waals surface area contributed by atoms with Gasteiger partial charge in [0, 0.05) is 40.5 Å². The van der Waals surface area contributed by atoms with Crippen LogP contribution in [0.15, 0.2) is 114 Å². The largest absolute Gasteiger partial charge is 0.454 e. The fourth-order valence-electron chi connectivity index (χ4n) is 4.48. The highest BCUT2D eigenvalue weighted by Gasteiger charge is 2.20. The number of nitrogens with zero attached hydrogens (tertiary/aromatic N) is 3. The van der Waals surface area contributed by atoms with Gasteiger partial charge in [-0.3, -0.25) is 9.69 Å². The Morgan fingerprint density at radius 1 is 0.892 bits per heavy atom. The van der Waals surface area contributed by atoms with Gasteiger partial charge in [0.25, 0.3) is 5.91 Å². The summed E-state index contributed by atoms with van der Waals surface area (Å²) in [6.45, 7) is 0.373. The predicted octanol–water partition coefficient (Wildman–Crippen LogP) is 6.56. The number of para-hydroxylation sites is 2. The average Bonchev–Trinajstić information content (AvgIpc) is 3.34. The normalized spacial score (nSPS) is 11.1. The molecule has 6 rings (SSSR count). The molecule has 0 radical (unpaired) electrons. The summed E-state index contributed by atoms with van der Waals surface area (Å²) in [4.78, 5) is 23.6. The van der Waals surface area contributed by atoms with Crippen molar-refractivity contribution in [1.82, 2.24) is 9.97 Å². The molecule has 1 amide bonds. The van der Waals surface area contributed by atoms with Crippen LogP contribution < -0.4 is 16.0 Å². The van der Waals surface area contributed by atoms with Crippen molar-refractivity contribution in [3.63, 3.8) is 0 Å². The van der Waals surface area contributed by atoms with Gasteiger partial charge in [0.1, 0.15) is 17.7 Å². The lowest BCUT2D eigenvalue weighted by atomic mass is 10.1. The molecule has 0 saturated carbocycles. The van der Waals surface area contributed by atoms with Crippen molar-refractivity contribution in [1.29, 1.82) is 0 Å². The molecule has 0 aliphatic heterocycles. The number of furan rings is 1. The first-order valence-corrected chi connectivity index (χ1v) is 11.9. The van der Waals surface area contributed by atoms with Crippen molar-refractivity contribution in [2.24, 2.45) is 5.73 Å². The number of nitrogens with two attached hydrogens (primary N) is 1. The third kappa shape index (κ3) is 4.28. The Morgan fingerprint density at radius 2 is 1.73 bits per heavy atom. The maximum absolute atomic E-state index is 13.0. The number of fused-ring (bicyclic) bond motifs is 3. The van der Waals surface area contributed by atoms with Gasteiger partial charge < -0.3 is 15.5 Å². The Kier molecular flexibility index (Phi) is 5.80. The third-order valence-electron chi connectivity index (χ3n) is 6.21.